The van der Waals surface area contributed by atoms with Gasteiger partial charge in [0, 0.05) is 0 Å². The minimum atomic E-state index is 0.747. The van der Waals surface area contributed by atoms with Crippen LogP contribution in [0.5, 0.6) is 0 Å². The molecule has 0 heterocycles. The van der Waals surface area contributed by atoms with Crippen molar-refractivity contribution in [1.29, 1.82) is 0 Å². The van der Waals surface area contributed by atoms with Crippen LogP contribution in [0.1, 0.15) is 47.0 Å². The average Bonchev–Trinajstić information content (AvgIpc) is 2.75. The molecule has 1 spiro atoms. The predicted octanol–water partition coefficient (Wildman–Crippen LogP) is 4.27. The van der Waals surface area contributed by atoms with Crippen LogP contribution < -0.4 is 0 Å². The Morgan fingerprint density at radius 1 is 1.33 bits per heavy atom. The molecule has 0 aromatic rings. The van der Waals surface area contributed by atoms with E-state index in [1.165, 1.54) is 19.3 Å². The van der Waals surface area contributed by atoms with Gasteiger partial charge in [-0.1, -0.05) is 32.4 Å². The fourth-order valence-corrected chi connectivity index (χ4v) is 5.05. The SMILES string of the molecule is CC1=CC[C@]23C1[C@H]2C(C(C)C)CC[C@H]3C. The summed E-state index contributed by atoms with van der Waals surface area (Å²) in [5.41, 5.74) is 2.47. The molecule has 0 aliphatic heterocycles. The van der Waals surface area contributed by atoms with Crippen molar-refractivity contribution >= 4 is 0 Å². The Balaban J connectivity index is 1.91. The van der Waals surface area contributed by atoms with Crippen molar-refractivity contribution < 1.29 is 0 Å². The molecule has 0 bridgehead atoms. The van der Waals surface area contributed by atoms with Crippen LogP contribution >= 0.6 is 0 Å². The van der Waals surface area contributed by atoms with E-state index < -0.39 is 0 Å². The first-order valence-corrected chi connectivity index (χ1v) is 6.75. The summed E-state index contributed by atoms with van der Waals surface area (Å²) in [5, 5.41) is 0. The van der Waals surface area contributed by atoms with Crippen molar-refractivity contribution in [3.63, 3.8) is 0 Å². The highest BCUT2D eigenvalue weighted by Gasteiger charge is 2.71. The summed E-state index contributed by atoms with van der Waals surface area (Å²) in [6.07, 6.45) is 6.91. The van der Waals surface area contributed by atoms with Gasteiger partial charge >= 0.3 is 0 Å². The molecule has 3 rings (SSSR count). The van der Waals surface area contributed by atoms with Gasteiger partial charge in [-0.3, -0.25) is 0 Å². The van der Waals surface area contributed by atoms with E-state index in [0.717, 1.165) is 35.0 Å². The van der Waals surface area contributed by atoms with Gasteiger partial charge in [-0.15, -0.1) is 0 Å². The van der Waals surface area contributed by atoms with Crippen molar-refractivity contribution in [1.82, 2.24) is 0 Å². The Morgan fingerprint density at radius 2 is 2.07 bits per heavy atom. The van der Waals surface area contributed by atoms with Crippen LogP contribution in [0.2, 0.25) is 0 Å². The first-order chi connectivity index (χ1) is 7.09. The molecule has 0 nitrogen and oxygen atoms in total. The monoisotopic (exact) mass is 204 g/mol. The van der Waals surface area contributed by atoms with Gasteiger partial charge in [0.15, 0.2) is 0 Å². The van der Waals surface area contributed by atoms with Crippen molar-refractivity contribution in [2.24, 2.45) is 35.0 Å². The molecule has 0 aromatic carbocycles. The van der Waals surface area contributed by atoms with Crippen LogP contribution in [0.3, 0.4) is 0 Å². The molecular weight excluding hydrogens is 180 g/mol. The lowest BCUT2D eigenvalue weighted by Gasteiger charge is -2.35. The van der Waals surface area contributed by atoms with Gasteiger partial charge in [0.05, 0.1) is 0 Å². The number of rotatable bonds is 1. The van der Waals surface area contributed by atoms with Crippen LogP contribution in [0.4, 0.5) is 0 Å². The molecule has 0 heteroatoms. The largest absolute Gasteiger partial charge is 0.0847 e. The summed E-state index contributed by atoms with van der Waals surface area (Å²) in [7, 11) is 0. The lowest BCUT2D eigenvalue weighted by Crippen LogP contribution is -2.27. The van der Waals surface area contributed by atoms with Crippen LogP contribution in [0, 0.1) is 35.0 Å². The first kappa shape index (κ1) is 9.93. The fraction of sp³-hybridized carbons (Fsp3) is 0.867. The second-order valence-corrected chi connectivity index (χ2v) is 6.65. The molecule has 0 amide bonds. The third-order valence-electron chi connectivity index (χ3n) is 5.89. The Kier molecular flexibility index (Phi) is 1.92. The van der Waals surface area contributed by atoms with Crippen molar-refractivity contribution in [3.8, 4) is 0 Å². The van der Waals surface area contributed by atoms with Crippen molar-refractivity contribution in [2.75, 3.05) is 0 Å². The Labute approximate surface area is 94.1 Å². The van der Waals surface area contributed by atoms with E-state index >= 15 is 0 Å². The number of hydrogen-bond acceptors (Lipinski definition) is 0. The molecule has 3 aliphatic carbocycles. The van der Waals surface area contributed by atoms with Gasteiger partial charge in [-0.05, 0) is 61.2 Å². The summed E-state index contributed by atoms with van der Waals surface area (Å²) in [6, 6.07) is 0. The average molecular weight is 204 g/mol. The highest BCUT2D eigenvalue weighted by atomic mass is 14.8. The van der Waals surface area contributed by atoms with E-state index in [9.17, 15) is 0 Å². The highest BCUT2D eigenvalue weighted by Crippen LogP contribution is 2.77. The molecule has 0 radical (unpaired) electrons. The first-order valence-electron chi connectivity index (χ1n) is 6.75. The summed E-state index contributed by atoms with van der Waals surface area (Å²) >= 11 is 0. The van der Waals surface area contributed by atoms with E-state index in [1.54, 1.807) is 5.57 Å². The second kappa shape index (κ2) is 2.90. The molecule has 0 saturated heterocycles. The number of fused-ring (bicyclic) bond motifs is 1. The maximum atomic E-state index is 2.53. The van der Waals surface area contributed by atoms with Gasteiger partial charge in [-0.2, -0.15) is 0 Å². The molecule has 0 N–H and O–H groups in total. The zero-order chi connectivity index (χ0) is 10.8. The third-order valence-corrected chi connectivity index (χ3v) is 5.89. The quantitative estimate of drug-likeness (QED) is 0.559. The molecule has 5 atom stereocenters. The maximum Gasteiger partial charge on any atom is -0.0104 e. The lowest BCUT2D eigenvalue weighted by atomic mass is 9.70. The molecule has 0 aromatic heterocycles. The van der Waals surface area contributed by atoms with Gasteiger partial charge < -0.3 is 0 Å². The smallest absolute Gasteiger partial charge is 0.0104 e. The molecule has 2 saturated carbocycles. The third kappa shape index (κ3) is 1.04. The Hall–Kier alpha value is -0.260. The number of allylic oxidation sites excluding steroid dienone is 2. The molecule has 2 unspecified atom stereocenters. The van der Waals surface area contributed by atoms with Crippen LogP contribution in [-0.2, 0) is 0 Å². The molecule has 15 heavy (non-hydrogen) atoms. The predicted molar refractivity (Wildman–Crippen MR) is 64.5 cm³/mol. The second-order valence-electron chi connectivity index (χ2n) is 6.65. The van der Waals surface area contributed by atoms with Gasteiger partial charge in [0.25, 0.3) is 0 Å². The molecule has 2 fully saturated rings. The number of hydrogen-bond donors (Lipinski definition) is 0. The van der Waals surface area contributed by atoms with Crippen molar-refractivity contribution in [3.05, 3.63) is 11.6 Å². The maximum absolute atomic E-state index is 2.53. The minimum absolute atomic E-state index is 0.747. The topological polar surface area (TPSA) is 0 Å². The van der Waals surface area contributed by atoms with Crippen LogP contribution in [0.15, 0.2) is 11.6 Å². The van der Waals surface area contributed by atoms with Gasteiger partial charge in [0.2, 0.25) is 0 Å². The Morgan fingerprint density at radius 3 is 2.73 bits per heavy atom. The summed E-state index contributed by atoms with van der Waals surface area (Å²) in [5.74, 6) is 4.96. The molecule has 84 valence electrons. The summed E-state index contributed by atoms with van der Waals surface area (Å²) < 4.78 is 0. The van der Waals surface area contributed by atoms with E-state index in [0.29, 0.717) is 0 Å². The minimum Gasteiger partial charge on any atom is -0.0847 e. The highest BCUT2D eigenvalue weighted by molar-refractivity contribution is 5.35. The van der Waals surface area contributed by atoms with Crippen LogP contribution in [0.25, 0.3) is 0 Å². The fourth-order valence-electron chi connectivity index (χ4n) is 5.05. The van der Waals surface area contributed by atoms with E-state index in [2.05, 4.69) is 33.8 Å². The zero-order valence-corrected chi connectivity index (χ0v) is 10.6. The van der Waals surface area contributed by atoms with Crippen molar-refractivity contribution in [2.45, 2.75) is 47.0 Å². The normalized spacial score (nSPS) is 52.5. The molecule has 3 aliphatic rings. The van der Waals surface area contributed by atoms with E-state index in [-0.39, 0.29) is 0 Å². The van der Waals surface area contributed by atoms with Gasteiger partial charge in [-0.25, -0.2) is 0 Å². The van der Waals surface area contributed by atoms with Gasteiger partial charge in [0.1, 0.15) is 0 Å². The zero-order valence-electron chi connectivity index (χ0n) is 10.6. The lowest BCUT2D eigenvalue weighted by molar-refractivity contribution is 0.149. The standard InChI is InChI=1S/C15H24/c1-9(2)12-6-5-11(4)15-8-7-10(3)13(15)14(12)15/h7,9,11-14H,5-6,8H2,1-4H3/t11-,12?,13?,14-,15+/m1/s1. The summed E-state index contributed by atoms with van der Waals surface area (Å²) in [6.45, 7) is 9.75. The van der Waals surface area contributed by atoms with E-state index in [4.69, 9.17) is 0 Å². The van der Waals surface area contributed by atoms with E-state index in [1.807, 2.05) is 0 Å². The Bertz CT molecular complexity index is 312. The summed E-state index contributed by atoms with van der Waals surface area (Å²) in [4.78, 5) is 0. The molecular formula is C15H24. The van der Waals surface area contributed by atoms with Crippen LogP contribution in [-0.4, -0.2) is 0 Å².